The van der Waals surface area contributed by atoms with Crippen LogP contribution in [0.2, 0.25) is 0 Å². The van der Waals surface area contributed by atoms with Crippen LogP contribution < -0.4 is 10.3 Å². The number of ether oxygens (including phenoxy) is 2. The molecule has 0 radical (unpaired) electrons. The first-order chi connectivity index (χ1) is 19.1. The lowest BCUT2D eigenvalue weighted by Crippen LogP contribution is -2.35. The van der Waals surface area contributed by atoms with Crippen LogP contribution in [0.1, 0.15) is 21.6 Å². The van der Waals surface area contributed by atoms with Crippen LogP contribution in [0.25, 0.3) is 16.3 Å². The summed E-state index contributed by atoms with van der Waals surface area (Å²) in [7, 11) is 0. The van der Waals surface area contributed by atoms with Gasteiger partial charge in [0.05, 0.1) is 13.2 Å². The van der Waals surface area contributed by atoms with Crippen LogP contribution in [0, 0.1) is 5.82 Å². The van der Waals surface area contributed by atoms with Gasteiger partial charge in [0, 0.05) is 43.3 Å². The second-order valence-electron chi connectivity index (χ2n) is 9.46. The van der Waals surface area contributed by atoms with Crippen LogP contribution in [0.3, 0.4) is 0 Å². The van der Waals surface area contributed by atoms with E-state index in [2.05, 4.69) is 9.88 Å². The van der Waals surface area contributed by atoms with Crippen molar-refractivity contribution in [3.63, 3.8) is 0 Å². The van der Waals surface area contributed by atoms with Crippen molar-refractivity contribution in [2.24, 2.45) is 0 Å². The van der Waals surface area contributed by atoms with Gasteiger partial charge in [-0.3, -0.25) is 14.1 Å². The number of pyridine rings is 1. The zero-order chi connectivity index (χ0) is 26.6. The van der Waals surface area contributed by atoms with E-state index in [1.807, 2.05) is 48.7 Å². The van der Waals surface area contributed by atoms with Crippen molar-refractivity contribution in [2.45, 2.75) is 19.6 Å². The number of fused-ring (bicyclic) bond motifs is 1. The maximum absolute atomic E-state index is 13.8. The van der Waals surface area contributed by atoms with Crippen molar-refractivity contribution in [1.29, 1.82) is 0 Å². The molecule has 5 aromatic rings. The topological polar surface area (TPSA) is 69.0 Å². The van der Waals surface area contributed by atoms with E-state index in [0.717, 1.165) is 41.2 Å². The number of halogens is 1. The van der Waals surface area contributed by atoms with E-state index in [0.29, 0.717) is 36.0 Å². The highest BCUT2D eigenvalue weighted by Crippen LogP contribution is 2.31. The summed E-state index contributed by atoms with van der Waals surface area (Å²) in [6.07, 6.45) is 4.23. The van der Waals surface area contributed by atoms with Crippen molar-refractivity contribution in [2.75, 3.05) is 26.3 Å². The van der Waals surface area contributed by atoms with E-state index >= 15 is 0 Å². The van der Waals surface area contributed by atoms with E-state index in [1.54, 1.807) is 22.7 Å². The second kappa shape index (κ2) is 11.4. The number of benzene rings is 2. The van der Waals surface area contributed by atoms with Gasteiger partial charge in [0.25, 0.3) is 0 Å². The molecule has 0 bridgehead atoms. The molecule has 0 spiro atoms. The maximum atomic E-state index is 13.8. The molecule has 0 saturated carbocycles. The molecule has 3 aromatic heterocycles. The van der Waals surface area contributed by atoms with Crippen LogP contribution >= 0.6 is 11.3 Å². The third kappa shape index (κ3) is 5.90. The Balaban J connectivity index is 1.36. The molecular formula is C30H27FN4O3S. The molecule has 6 rings (SSSR count). The van der Waals surface area contributed by atoms with E-state index < -0.39 is 0 Å². The van der Waals surface area contributed by atoms with E-state index in [9.17, 15) is 9.18 Å². The van der Waals surface area contributed by atoms with Crippen molar-refractivity contribution < 1.29 is 13.9 Å². The number of hydrogen-bond donors (Lipinski definition) is 0. The highest BCUT2D eigenvalue weighted by atomic mass is 32.1. The first-order valence-electron chi connectivity index (χ1n) is 12.8. The molecule has 1 saturated heterocycles. The third-order valence-corrected chi connectivity index (χ3v) is 7.63. The van der Waals surface area contributed by atoms with Gasteiger partial charge in [-0.25, -0.2) is 14.4 Å². The Kier molecular flexibility index (Phi) is 7.44. The first-order valence-corrected chi connectivity index (χ1v) is 13.7. The lowest BCUT2D eigenvalue weighted by molar-refractivity contribution is 0.0341. The van der Waals surface area contributed by atoms with Gasteiger partial charge in [-0.1, -0.05) is 48.5 Å². The maximum Gasteiger partial charge on any atom is 0.301 e. The minimum atomic E-state index is -0.273. The van der Waals surface area contributed by atoms with Crippen LogP contribution in [0.4, 0.5) is 4.39 Å². The van der Waals surface area contributed by atoms with E-state index in [1.165, 1.54) is 23.5 Å². The predicted octanol–water partition coefficient (Wildman–Crippen LogP) is 4.96. The fourth-order valence-electron chi connectivity index (χ4n) is 4.58. The fraction of sp³-hybridized carbons (Fsp3) is 0.233. The molecular weight excluding hydrogens is 515 g/mol. The van der Waals surface area contributed by atoms with Gasteiger partial charge in [-0.05, 0) is 34.9 Å². The number of morpholine rings is 1. The van der Waals surface area contributed by atoms with Gasteiger partial charge < -0.3 is 9.47 Å². The highest BCUT2D eigenvalue weighted by Gasteiger charge is 2.20. The molecule has 2 aromatic carbocycles. The minimum absolute atomic E-state index is 0.169. The third-order valence-electron chi connectivity index (χ3n) is 6.63. The van der Waals surface area contributed by atoms with Crippen molar-refractivity contribution >= 4 is 17.0 Å². The van der Waals surface area contributed by atoms with Crippen LogP contribution in [-0.2, 0) is 24.3 Å². The summed E-state index contributed by atoms with van der Waals surface area (Å²) < 4.78 is 26.5. The zero-order valence-electron chi connectivity index (χ0n) is 21.3. The Bertz CT molecular complexity index is 1630. The molecule has 1 aliphatic rings. The fourth-order valence-corrected chi connectivity index (χ4v) is 5.52. The molecule has 9 heteroatoms. The molecule has 39 heavy (non-hydrogen) atoms. The van der Waals surface area contributed by atoms with Gasteiger partial charge in [-0.15, -0.1) is 11.3 Å². The van der Waals surface area contributed by atoms with E-state index in [4.69, 9.17) is 14.5 Å². The molecule has 1 aliphatic heterocycles. The molecule has 0 unspecified atom stereocenters. The Morgan fingerprint density at radius 1 is 0.949 bits per heavy atom. The molecule has 0 N–H and O–H groups in total. The molecule has 0 amide bonds. The Morgan fingerprint density at radius 2 is 1.72 bits per heavy atom. The Morgan fingerprint density at radius 3 is 2.51 bits per heavy atom. The summed E-state index contributed by atoms with van der Waals surface area (Å²) in [5, 5.41) is 0.604. The lowest BCUT2D eigenvalue weighted by atomic mass is 10.1. The predicted molar refractivity (Wildman–Crippen MR) is 149 cm³/mol. The van der Waals surface area contributed by atoms with Crippen molar-refractivity contribution in [3.8, 4) is 16.5 Å². The smallest absolute Gasteiger partial charge is 0.301 e. The van der Waals surface area contributed by atoms with Gasteiger partial charge >= 0.3 is 5.56 Å². The van der Waals surface area contributed by atoms with Crippen molar-refractivity contribution in [1.82, 2.24) is 19.3 Å². The van der Waals surface area contributed by atoms with E-state index in [-0.39, 0.29) is 23.7 Å². The number of rotatable bonds is 8. The standard InChI is InChI=1S/C30H27FN4O3S/c31-24-9-6-21(7-10-24)16-25-17-32-29(39-25)27-28(38-20-22-4-2-1-3-5-22)30(36)35-19-23(8-11-26(35)33-27)18-34-12-14-37-15-13-34/h1-11,17,19H,12-16,18,20H2. The molecule has 0 atom stereocenters. The quantitative estimate of drug-likeness (QED) is 0.276. The Hall–Kier alpha value is -3.92. The Labute approximate surface area is 229 Å². The average Bonchev–Trinajstić information content (AvgIpc) is 3.43. The molecule has 0 aliphatic carbocycles. The molecule has 1 fully saturated rings. The van der Waals surface area contributed by atoms with Crippen LogP contribution in [0.5, 0.6) is 5.75 Å². The highest BCUT2D eigenvalue weighted by molar-refractivity contribution is 7.15. The number of aromatic nitrogens is 3. The lowest BCUT2D eigenvalue weighted by Gasteiger charge is -2.26. The zero-order valence-corrected chi connectivity index (χ0v) is 22.1. The number of hydrogen-bond acceptors (Lipinski definition) is 7. The summed E-state index contributed by atoms with van der Waals surface area (Å²) in [5.74, 6) is -0.0968. The van der Waals surface area contributed by atoms with Gasteiger partial charge in [0.1, 0.15) is 28.8 Å². The summed E-state index contributed by atoms with van der Waals surface area (Å²) in [4.78, 5) is 26.5. The second-order valence-corrected chi connectivity index (χ2v) is 10.6. The van der Waals surface area contributed by atoms with Crippen LogP contribution in [-0.4, -0.2) is 45.6 Å². The molecule has 4 heterocycles. The monoisotopic (exact) mass is 542 g/mol. The average molecular weight is 543 g/mol. The largest absolute Gasteiger partial charge is 0.481 e. The molecule has 198 valence electrons. The van der Waals surface area contributed by atoms with Crippen LogP contribution in [0.15, 0.2) is 83.9 Å². The normalized spacial score (nSPS) is 14.1. The SMILES string of the molecule is O=c1c(OCc2ccccc2)c(-c2ncc(Cc3ccc(F)cc3)s2)nc2ccc(CN3CCOCC3)cn12. The number of nitrogens with zero attached hydrogens (tertiary/aromatic N) is 4. The summed E-state index contributed by atoms with van der Waals surface area (Å²) >= 11 is 1.45. The van der Waals surface area contributed by atoms with Gasteiger partial charge in [0.2, 0.25) is 5.75 Å². The van der Waals surface area contributed by atoms with Crippen molar-refractivity contribution in [3.05, 3.63) is 117 Å². The summed E-state index contributed by atoms with van der Waals surface area (Å²) in [6.45, 7) is 4.12. The minimum Gasteiger partial charge on any atom is -0.481 e. The number of thiazole rings is 1. The summed E-state index contributed by atoms with van der Waals surface area (Å²) in [5.41, 5.74) is 3.63. The first kappa shape index (κ1) is 25.4. The van der Waals surface area contributed by atoms with Gasteiger partial charge in [-0.2, -0.15) is 0 Å². The van der Waals surface area contributed by atoms with Gasteiger partial charge in [0.15, 0.2) is 0 Å². The summed E-state index contributed by atoms with van der Waals surface area (Å²) in [6, 6.07) is 20.0. The molecule has 7 nitrogen and oxygen atoms in total.